The highest BCUT2D eigenvalue weighted by molar-refractivity contribution is 8.00. The van der Waals surface area contributed by atoms with Crippen LogP contribution in [0.15, 0.2) is 27.8 Å². The molecule has 2 aromatic heterocycles. The highest BCUT2D eigenvalue weighted by atomic mass is 32.2. The third-order valence-electron chi connectivity index (χ3n) is 1.76. The van der Waals surface area contributed by atoms with Crippen LogP contribution >= 0.6 is 23.3 Å². The lowest BCUT2D eigenvalue weighted by Gasteiger charge is -2.02. The van der Waals surface area contributed by atoms with Crippen LogP contribution < -0.4 is 5.73 Å². The van der Waals surface area contributed by atoms with E-state index in [0.29, 0.717) is 6.54 Å². The fraction of sp³-hybridized carbons (Fsp3) is 0.222. The summed E-state index contributed by atoms with van der Waals surface area (Å²) in [6.07, 6.45) is 1.55. The van der Waals surface area contributed by atoms with Crippen LogP contribution in [0.25, 0.3) is 0 Å². The van der Waals surface area contributed by atoms with Crippen molar-refractivity contribution in [1.29, 1.82) is 0 Å². The van der Waals surface area contributed by atoms with Crippen LogP contribution in [0.2, 0.25) is 0 Å². The minimum Gasteiger partial charge on any atom is -0.326 e. The Morgan fingerprint density at radius 3 is 3.00 bits per heavy atom. The molecule has 2 heterocycles. The fourth-order valence-corrected chi connectivity index (χ4v) is 2.67. The molecule has 0 fully saturated rings. The number of hydrogen-bond donors (Lipinski definition) is 1. The second-order valence-corrected chi connectivity index (χ2v) is 5.02. The van der Waals surface area contributed by atoms with Crippen molar-refractivity contribution >= 4 is 23.3 Å². The average molecular weight is 238 g/mol. The summed E-state index contributed by atoms with van der Waals surface area (Å²) in [6.45, 7) is 2.50. The van der Waals surface area contributed by atoms with E-state index in [4.69, 9.17) is 5.73 Å². The van der Waals surface area contributed by atoms with E-state index in [0.717, 1.165) is 20.6 Å². The molecule has 0 aliphatic rings. The summed E-state index contributed by atoms with van der Waals surface area (Å²) in [5, 5.41) is 0.923. The Hall–Kier alpha value is -0.980. The van der Waals surface area contributed by atoms with E-state index in [1.807, 2.05) is 19.1 Å². The molecule has 0 unspecified atom stereocenters. The first-order chi connectivity index (χ1) is 7.28. The molecule has 0 bridgehead atoms. The van der Waals surface area contributed by atoms with Crippen molar-refractivity contribution in [3.63, 3.8) is 0 Å². The zero-order valence-corrected chi connectivity index (χ0v) is 9.81. The van der Waals surface area contributed by atoms with Gasteiger partial charge in [-0.3, -0.25) is 0 Å². The Morgan fingerprint density at radius 1 is 1.47 bits per heavy atom. The van der Waals surface area contributed by atoms with Crippen LogP contribution in [-0.4, -0.2) is 14.3 Å². The standard InChI is InChI=1S/C9H10N4S2/c1-6-2-7(4-10)3-8(13-6)14-9-11-5-12-15-9/h2-3,5H,4,10H2,1H3. The van der Waals surface area contributed by atoms with Crippen LogP contribution in [0.1, 0.15) is 11.3 Å². The van der Waals surface area contributed by atoms with E-state index in [2.05, 4.69) is 14.3 Å². The van der Waals surface area contributed by atoms with E-state index in [1.54, 1.807) is 6.33 Å². The van der Waals surface area contributed by atoms with E-state index >= 15 is 0 Å². The molecule has 0 atom stereocenters. The third kappa shape index (κ3) is 2.74. The maximum absolute atomic E-state index is 5.60. The van der Waals surface area contributed by atoms with E-state index in [-0.39, 0.29) is 0 Å². The third-order valence-corrected chi connectivity index (χ3v) is 3.39. The smallest absolute Gasteiger partial charge is 0.175 e. The van der Waals surface area contributed by atoms with Gasteiger partial charge >= 0.3 is 0 Å². The van der Waals surface area contributed by atoms with Gasteiger partial charge in [0, 0.05) is 12.2 Å². The van der Waals surface area contributed by atoms with Gasteiger partial charge < -0.3 is 5.73 Å². The van der Waals surface area contributed by atoms with Gasteiger partial charge in [0.2, 0.25) is 0 Å². The number of nitrogens with two attached hydrogens (primary N) is 1. The summed E-state index contributed by atoms with van der Waals surface area (Å²) in [6, 6.07) is 3.98. The summed E-state index contributed by atoms with van der Waals surface area (Å²) < 4.78 is 4.84. The lowest BCUT2D eigenvalue weighted by molar-refractivity contribution is 0.986. The van der Waals surface area contributed by atoms with E-state index in [9.17, 15) is 0 Å². The van der Waals surface area contributed by atoms with Crippen LogP contribution in [0.4, 0.5) is 0 Å². The molecule has 2 rings (SSSR count). The predicted molar refractivity (Wildman–Crippen MR) is 60.9 cm³/mol. The van der Waals surface area contributed by atoms with Crippen molar-refractivity contribution in [3.05, 3.63) is 29.7 Å². The largest absolute Gasteiger partial charge is 0.326 e. The second-order valence-electron chi connectivity index (χ2n) is 2.97. The molecule has 15 heavy (non-hydrogen) atoms. The molecule has 0 spiro atoms. The SMILES string of the molecule is Cc1cc(CN)cc(Sc2ncns2)n1. The molecule has 0 saturated heterocycles. The van der Waals surface area contributed by atoms with Crippen molar-refractivity contribution in [2.75, 3.05) is 0 Å². The minimum atomic E-state index is 0.535. The van der Waals surface area contributed by atoms with E-state index in [1.165, 1.54) is 23.3 Å². The number of pyridine rings is 1. The molecular weight excluding hydrogens is 228 g/mol. The average Bonchev–Trinajstić information content (AvgIpc) is 2.69. The molecule has 2 N–H and O–H groups in total. The molecule has 0 radical (unpaired) electrons. The van der Waals surface area contributed by atoms with Gasteiger partial charge in [-0.1, -0.05) is 0 Å². The topological polar surface area (TPSA) is 64.7 Å². The minimum absolute atomic E-state index is 0.535. The maximum atomic E-state index is 5.60. The first-order valence-electron chi connectivity index (χ1n) is 4.40. The van der Waals surface area contributed by atoms with Gasteiger partial charge in [-0.25, -0.2) is 9.97 Å². The highest BCUT2D eigenvalue weighted by Crippen LogP contribution is 2.27. The molecule has 0 saturated carbocycles. The molecule has 0 aliphatic carbocycles. The summed E-state index contributed by atoms with van der Waals surface area (Å²) in [5.74, 6) is 0. The molecule has 6 heteroatoms. The summed E-state index contributed by atoms with van der Waals surface area (Å²) in [7, 11) is 0. The molecule has 78 valence electrons. The Kier molecular flexibility index (Phi) is 3.30. The van der Waals surface area contributed by atoms with Crippen LogP contribution in [0.5, 0.6) is 0 Å². The zero-order valence-electron chi connectivity index (χ0n) is 8.17. The number of hydrogen-bond acceptors (Lipinski definition) is 6. The van der Waals surface area contributed by atoms with Crippen molar-refractivity contribution in [2.45, 2.75) is 22.8 Å². The number of aryl methyl sites for hydroxylation is 1. The summed E-state index contributed by atoms with van der Waals surface area (Å²) in [4.78, 5) is 8.50. The molecular formula is C9H10N4S2. The van der Waals surface area contributed by atoms with Gasteiger partial charge in [-0.05, 0) is 47.9 Å². The predicted octanol–water partition coefficient (Wildman–Crippen LogP) is 1.85. The van der Waals surface area contributed by atoms with Gasteiger partial charge in [-0.2, -0.15) is 4.37 Å². The lowest BCUT2D eigenvalue weighted by atomic mass is 10.2. The van der Waals surface area contributed by atoms with Crippen LogP contribution in [0.3, 0.4) is 0 Å². The Labute approximate surface area is 96.1 Å². The van der Waals surface area contributed by atoms with Crippen molar-refractivity contribution < 1.29 is 0 Å². The zero-order chi connectivity index (χ0) is 10.7. The molecule has 2 aromatic rings. The first kappa shape index (κ1) is 10.5. The van der Waals surface area contributed by atoms with Gasteiger partial charge in [0.05, 0.1) is 0 Å². The van der Waals surface area contributed by atoms with E-state index < -0.39 is 0 Å². The fourth-order valence-electron chi connectivity index (χ4n) is 1.17. The second kappa shape index (κ2) is 4.69. The Bertz CT molecular complexity index is 441. The van der Waals surface area contributed by atoms with Gasteiger partial charge in [0.25, 0.3) is 0 Å². The number of nitrogens with zero attached hydrogens (tertiary/aromatic N) is 3. The monoisotopic (exact) mass is 238 g/mol. The van der Waals surface area contributed by atoms with Crippen LogP contribution in [0, 0.1) is 6.92 Å². The summed E-state index contributed by atoms with van der Waals surface area (Å²) >= 11 is 2.88. The first-order valence-corrected chi connectivity index (χ1v) is 5.99. The normalized spacial score (nSPS) is 10.5. The lowest BCUT2D eigenvalue weighted by Crippen LogP contribution is -1.98. The molecule has 0 amide bonds. The van der Waals surface area contributed by atoms with Gasteiger partial charge in [0.15, 0.2) is 4.34 Å². The van der Waals surface area contributed by atoms with Crippen molar-refractivity contribution in [2.24, 2.45) is 5.73 Å². The van der Waals surface area contributed by atoms with Gasteiger partial charge in [0.1, 0.15) is 11.4 Å². The Morgan fingerprint density at radius 2 is 2.33 bits per heavy atom. The van der Waals surface area contributed by atoms with Crippen molar-refractivity contribution in [3.8, 4) is 0 Å². The highest BCUT2D eigenvalue weighted by Gasteiger charge is 2.04. The quantitative estimate of drug-likeness (QED) is 0.884. The van der Waals surface area contributed by atoms with Crippen molar-refractivity contribution in [1.82, 2.24) is 14.3 Å². The van der Waals surface area contributed by atoms with Gasteiger partial charge in [-0.15, -0.1) is 0 Å². The Balaban J connectivity index is 2.24. The number of aromatic nitrogens is 3. The maximum Gasteiger partial charge on any atom is 0.175 e. The number of rotatable bonds is 3. The molecule has 0 aliphatic heterocycles. The molecule has 0 aromatic carbocycles. The summed E-state index contributed by atoms with van der Waals surface area (Å²) in [5.41, 5.74) is 7.67. The van der Waals surface area contributed by atoms with Crippen LogP contribution in [-0.2, 0) is 6.54 Å². The molecule has 4 nitrogen and oxygen atoms in total.